The molecule has 0 aromatic heterocycles. The Kier molecular flexibility index (Phi) is 4.52. The zero-order valence-corrected chi connectivity index (χ0v) is 10.2. The van der Waals surface area contributed by atoms with Crippen molar-refractivity contribution in [2.24, 2.45) is 5.73 Å². The molecular weight excluding hydrogens is 218 g/mol. The summed E-state index contributed by atoms with van der Waals surface area (Å²) >= 11 is 0. The first-order valence-corrected chi connectivity index (χ1v) is 5.81. The number of hydrogen-bond acceptors (Lipinski definition) is 3. The fourth-order valence-corrected chi connectivity index (χ4v) is 1.98. The average Bonchev–Trinajstić information content (AvgIpc) is 2.30. The molecule has 1 atom stereocenters. The Balaban J connectivity index is 3.15. The van der Waals surface area contributed by atoms with Gasteiger partial charge in [0.05, 0.1) is 0 Å². The number of rotatable bonds is 5. The third-order valence-corrected chi connectivity index (χ3v) is 2.92. The van der Waals surface area contributed by atoms with Crippen LogP contribution in [-0.2, 0) is 24.1 Å². The van der Waals surface area contributed by atoms with Gasteiger partial charge in [-0.25, -0.2) is 0 Å². The molecule has 4 nitrogen and oxygen atoms in total. The molecule has 0 heterocycles. The van der Waals surface area contributed by atoms with Crippen LogP contribution < -0.4 is 5.73 Å². The number of carboxylic acid groups (broad SMARTS) is 1. The summed E-state index contributed by atoms with van der Waals surface area (Å²) in [7, 11) is 0. The van der Waals surface area contributed by atoms with Gasteiger partial charge in [-0.15, -0.1) is 0 Å². The highest BCUT2D eigenvalue weighted by Gasteiger charge is 2.17. The number of aromatic hydroxyl groups is 1. The van der Waals surface area contributed by atoms with Gasteiger partial charge < -0.3 is 15.9 Å². The number of aliphatic carboxylic acids is 1. The van der Waals surface area contributed by atoms with Crippen molar-refractivity contribution in [3.8, 4) is 5.75 Å². The molecule has 0 amide bonds. The SMILES string of the molecule is CCc1cc(O)cc(CC)c1C[C@H](N)C(=O)O. The van der Waals surface area contributed by atoms with Gasteiger partial charge >= 0.3 is 5.97 Å². The van der Waals surface area contributed by atoms with E-state index in [2.05, 4.69) is 0 Å². The lowest BCUT2D eigenvalue weighted by Crippen LogP contribution is -2.33. The Morgan fingerprint density at radius 2 is 1.76 bits per heavy atom. The number of aryl methyl sites for hydroxylation is 2. The Morgan fingerprint density at radius 3 is 2.12 bits per heavy atom. The van der Waals surface area contributed by atoms with E-state index < -0.39 is 12.0 Å². The molecule has 0 aliphatic rings. The van der Waals surface area contributed by atoms with Crippen molar-refractivity contribution >= 4 is 5.97 Å². The third-order valence-electron chi connectivity index (χ3n) is 2.92. The van der Waals surface area contributed by atoms with E-state index in [1.165, 1.54) is 0 Å². The highest BCUT2D eigenvalue weighted by molar-refractivity contribution is 5.73. The largest absolute Gasteiger partial charge is 0.508 e. The number of phenolic OH excluding ortho intramolecular Hbond substituents is 1. The Hall–Kier alpha value is -1.55. The molecule has 0 aliphatic heterocycles. The fraction of sp³-hybridized carbons (Fsp3) is 0.462. The second-order valence-electron chi connectivity index (χ2n) is 4.10. The van der Waals surface area contributed by atoms with Gasteiger partial charge in [0, 0.05) is 0 Å². The molecule has 0 fully saturated rings. The van der Waals surface area contributed by atoms with Gasteiger partial charge in [0.15, 0.2) is 0 Å². The standard InChI is InChI=1S/C13H19NO3/c1-3-8-5-10(15)6-9(4-2)11(8)7-12(14)13(16)17/h5-6,12,15H,3-4,7,14H2,1-2H3,(H,16,17)/t12-/m0/s1. The minimum atomic E-state index is -0.998. The number of benzene rings is 1. The summed E-state index contributed by atoms with van der Waals surface area (Å²) in [4.78, 5) is 10.8. The van der Waals surface area contributed by atoms with Crippen LogP contribution >= 0.6 is 0 Å². The lowest BCUT2D eigenvalue weighted by Gasteiger charge is -2.16. The Bertz CT molecular complexity index is 390. The zero-order chi connectivity index (χ0) is 13.0. The van der Waals surface area contributed by atoms with E-state index in [1.54, 1.807) is 12.1 Å². The van der Waals surface area contributed by atoms with Crippen molar-refractivity contribution in [2.75, 3.05) is 0 Å². The van der Waals surface area contributed by atoms with Gasteiger partial charge in [0.25, 0.3) is 0 Å². The summed E-state index contributed by atoms with van der Waals surface area (Å²) in [5, 5.41) is 18.4. The van der Waals surface area contributed by atoms with E-state index >= 15 is 0 Å². The summed E-state index contributed by atoms with van der Waals surface area (Å²) in [5.74, 6) is -0.770. The number of hydrogen-bond donors (Lipinski definition) is 3. The summed E-state index contributed by atoms with van der Waals surface area (Å²) in [5.41, 5.74) is 8.47. The maximum absolute atomic E-state index is 10.8. The van der Waals surface area contributed by atoms with Gasteiger partial charge in [0.2, 0.25) is 0 Å². The molecule has 0 aliphatic carbocycles. The molecule has 1 rings (SSSR count). The van der Waals surface area contributed by atoms with E-state index in [9.17, 15) is 9.90 Å². The average molecular weight is 237 g/mol. The lowest BCUT2D eigenvalue weighted by atomic mass is 9.92. The van der Waals surface area contributed by atoms with Crippen LogP contribution in [0.3, 0.4) is 0 Å². The normalized spacial score (nSPS) is 12.4. The molecule has 0 radical (unpaired) electrons. The van der Waals surface area contributed by atoms with Crippen LogP contribution in [0.2, 0.25) is 0 Å². The highest BCUT2D eigenvalue weighted by Crippen LogP contribution is 2.24. The van der Waals surface area contributed by atoms with Gasteiger partial charge in [-0.1, -0.05) is 13.8 Å². The van der Waals surface area contributed by atoms with Crippen LogP contribution in [-0.4, -0.2) is 22.2 Å². The monoisotopic (exact) mass is 237 g/mol. The molecule has 0 bridgehead atoms. The number of carboxylic acids is 1. The van der Waals surface area contributed by atoms with Gasteiger partial charge in [-0.05, 0) is 48.1 Å². The van der Waals surface area contributed by atoms with Crippen LogP contribution in [0, 0.1) is 0 Å². The lowest BCUT2D eigenvalue weighted by molar-refractivity contribution is -0.138. The van der Waals surface area contributed by atoms with Crippen molar-refractivity contribution in [3.63, 3.8) is 0 Å². The Labute approximate surface area is 101 Å². The third kappa shape index (κ3) is 3.20. The number of phenols is 1. The van der Waals surface area contributed by atoms with Crippen LogP contribution in [0.5, 0.6) is 5.75 Å². The van der Waals surface area contributed by atoms with E-state index in [-0.39, 0.29) is 5.75 Å². The van der Waals surface area contributed by atoms with Crippen molar-refractivity contribution in [3.05, 3.63) is 28.8 Å². The van der Waals surface area contributed by atoms with Crippen LogP contribution in [0.15, 0.2) is 12.1 Å². The summed E-state index contributed by atoms with van der Waals surface area (Å²) in [6.45, 7) is 3.95. The minimum absolute atomic E-state index is 0.228. The van der Waals surface area contributed by atoms with Crippen molar-refractivity contribution in [1.82, 2.24) is 0 Å². The van der Waals surface area contributed by atoms with Crippen molar-refractivity contribution in [1.29, 1.82) is 0 Å². The molecule has 0 spiro atoms. The fourth-order valence-electron chi connectivity index (χ4n) is 1.98. The first-order chi connectivity index (χ1) is 7.99. The zero-order valence-electron chi connectivity index (χ0n) is 10.2. The molecule has 0 unspecified atom stereocenters. The van der Waals surface area contributed by atoms with Gasteiger partial charge in [-0.3, -0.25) is 4.79 Å². The number of carbonyl (C=O) groups is 1. The molecule has 17 heavy (non-hydrogen) atoms. The molecule has 1 aromatic carbocycles. The highest BCUT2D eigenvalue weighted by atomic mass is 16.4. The van der Waals surface area contributed by atoms with Gasteiger partial charge in [-0.2, -0.15) is 0 Å². The molecule has 0 saturated heterocycles. The predicted octanol–water partition coefficient (Wildman–Crippen LogP) is 1.47. The van der Waals surface area contributed by atoms with E-state index in [1.807, 2.05) is 13.8 Å². The maximum Gasteiger partial charge on any atom is 0.320 e. The van der Waals surface area contributed by atoms with Crippen LogP contribution in [0.1, 0.15) is 30.5 Å². The maximum atomic E-state index is 10.8. The first-order valence-electron chi connectivity index (χ1n) is 5.81. The minimum Gasteiger partial charge on any atom is -0.508 e. The second-order valence-corrected chi connectivity index (χ2v) is 4.10. The molecule has 4 N–H and O–H groups in total. The van der Waals surface area contributed by atoms with Gasteiger partial charge in [0.1, 0.15) is 11.8 Å². The molecular formula is C13H19NO3. The van der Waals surface area contributed by atoms with E-state index in [4.69, 9.17) is 10.8 Å². The molecule has 4 heteroatoms. The Morgan fingerprint density at radius 1 is 1.29 bits per heavy atom. The first kappa shape index (κ1) is 13.5. The van der Waals surface area contributed by atoms with Crippen LogP contribution in [0.4, 0.5) is 0 Å². The smallest absolute Gasteiger partial charge is 0.320 e. The van der Waals surface area contributed by atoms with Crippen LogP contribution in [0.25, 0.3) is 0 Å². The van der Waals surface area contributed by atoms with E-state index in [0.29, 0.717) is 6.42 Å². The molecule has 0 saturated carbocycles. The predicted molar refractivity (Wildman–Crippen MR) is 66.2 cm³/mol. The molecule has 1 aromatic rings. The number of nitrogens with two attached hydrogens (primary N) is 1. The summed E-state index contributed by atoms with van der Waals surface area (Å²) in [6, 6.07) is 2.47. The topological polar surface area (TPSA) is 83.5 Å². The quantitative estimate of drug-likeness (QED) is 0.724. The summed E-state index contributed by atoms with van der Waals surface area (Å²) < 4.78 is 0. The van der Waals surface area contributed by atoms with E-state index in [0.717, 1.165) is 29.5 Å². The van der Waals surface area contributed by atoms with Crippen molar-refractivity contribution < 1.29 is 15.0 Å². The second kappa shape index (κ2) is 5.68. The molecule has 94 valence electrons. The van der Waals surface area contributed by atoms with Crippen molar-refractivity contribution in [2.45, 2.75) is 39.2 Å². The summed E-state index contributed by atoms with van der Waals surface area (Å²) in [6.07, 6.45) is 1.81.